The van der Waals surface area contributed by atoms with Crippen LogP contribution >= 0.6 is 11.8 Å². The molecule has 7 nitrogen and oxygen atoms in total. The molecule has 32 heavy (non-hydrogen) atoms. The van der Waals surface area contributed by atoms with Gasteiger partial charge in [0.15, 0.2) is 5.16 Å². The molecule has 2 heterocycles. The third kappa shape index (κ3) is 4.57. The average Bonchev–Trinajstić information content (AvgIpc) is 3.12. The minimum atomic E-state index is -4.78. The molecule has 0 aliphatic heterocycles. The highest BCUT2D eigenvalue weighted by Crippen LogP contribution is 2.26. The first-order valence-electron chi connectivity index (χ1n) is 9.55. The van der Waals surface area contributed by atoms with Crippen LogP contribution in [0.3, 0.4) is 0 Å². The fourth-order valence-electron chi connectivity index (χ4n) is 3.23. The molecule has 0 radical (unpaired) electrons. The minimum absolute atomic E-state index is 0.0406. The number of ether oxygens (including phenoxy) is 1. The Kier molecular flexibility index (Phi) is 5.83. The molecule has 2 N–H and O–H groups in total. The predicted molar refractivity (Wildman–Crippen MR) is 116 cm³/mol. The molecule has 0 fully saturated rings. The number of para-hydroxylation sites is 1. The molecule has 2 aromatic carbocycles. The Morgan fingerprint density at radius 3 is 2.59 bits per heavy atom. The van der Waals surface area contributed by atoms with Gasteiger partial charge in [-0.2, -0.15) is 0 Å². The van der Waals surface area contributed by atoms with Crippen LogP contribution in [0, 0.1) is 0 Å². The monoisotopic (exact) mass is 462 g/mol. The van der Waals surface area contributed by atoms with E-state index in [-0.39, 0.29) is 17.1 Å². The van der Waals surface area contributed by atoms with Gasteiger partial charge < -0.3 is 15.0 Å². The number of rotatable bonds is 6. The van der Waals surface area contributed by atoms with E-state index in [0.29, 0.717) is 28.4 Å². The van der Waals surface area contributed by atoms with Crippen LogP contribution in [-0.4, -0.2) is 32.6 Å². The number of aromatic nitrogens is 3. The number of nitrogens with zero attached hydrogens (tertiary/aromatic N) is 2. The molecule has 0 bridgehead atoms. The number of nitrogens with one attached hydrogen (secondary N) is 2. The number of carbonyl (C=O) groups excluding carboxylic acids is 1. The lowest BCUT2D eigenvalue weighted by Crippen LogP contribution is -2.23. The van der Waals surface area contributed by atoms with Crippen molar-refractivity contribution in [1.29, 1.82) is 0 Å². The summed E-state index contributed by atoms with van der Waals surface area (Å²) in [6.45, 7) is 2.19. The van der Waals surface area contributed by atoms with Crippen LogP contribution in [-0.2, 0) is 11.3 Å². The normalized spacial score (nSPS) is 11.8. The fraction of sp³-hybridized carbons (Fsp3) is 0.190. The van der Waals surface area contributed by atoms with Crippen molar-refractivity contribution >= 4 is 45.3 Å². The van der Waals surface area contributed by atoms with E-state index in [1.165, 1.54) is 16.7 Å². The summed E-state index contributed by atoms with van der Waals surface area (Å²) < 4.78 is 42.0. The van der Waals surface area contributed by atoms with Crippen LogP contribution in [0.25, 0.3) is 21.9 Å². The van der Waals surface area contributed by atoms with Gasteiger partial charge in [-0.15, -0.1) is 13.2 Å². The maximum absolute atomic E-state index is 12.9. The number of benzene rings is 2. The van der Waals surface area contributed by atoms with E-state index >= 15 is 0 Å². The van der Waals surface area contributed by atoms with Gasteiger partial charge in [-0.1, -0.05) is 30.0 Å². The molecule has 4 aromatic rings. The fourth-order valence-corrected chi connectivity index (χ4v) is 4.09. The third-order valence-corrected chi connectivity index (χ3v) is 5.57. The number of thioether (sulfide) groups is 1. The lowest BCUT2D eigenvalue weighted by molar-refractivity contribution is -0.274. The van der Waals surface area contributed by atoms with E-state index in [9.17, 15) is 22.8 Å². The smallest absolute Gasteiger partial charge is 0.406 e. The van der Waals surface area contributed by atoms with Crippen molar-refractivity contribution in [3.05, 3.63) is 58.9 Å². The molecule has 0 saturated carbocycles. The Morgan fingerprint density at radius 1 is 1.19 bits per heavy atom. The van der Waals surface area contributed by atoms with Gasteiger partial charge >= 0.3 is 6.36 Å². The Labute approximate surface area is 183 Å². The number of fused-ring (bicyclic) bond motifs is 3. The summed E-state index contributed by atoms with van der Waals surface area (Å²) in [5, 5.41) is 3.82. The number of H-pyrrole nitrogens is 1. The molecule has 11 heteroatoms. The number of aromatic amines is 1. The number of amides is 1. The summed E-state index contributed by atoms with van der Waals surface area (Å²) in [7, 11) is 0. The van der Waals surface area contributed by atoms with E-state index in [2.05, 4.69) is 20.0 Å². The van der Waals surface area contributed by atoms with Gasteiger partial charge in [0.25, 0.3) is 5.56 Å². The molecule has 166 valence electrons. The molecule has 4 rings (SSSR count). The number of halogens is 3. The van der Waals surface area contributed by atoms with Crippen molar-refractivity contribution in [2.24, 2.45) is 0 Å². The van der Waals surface area contributed by atoms with Gasteiger partial charge in [0, 0.05) is 23.1 Å². The lowest BCUT2D eigenvalue weighted by atomic mass is 10.2. The van der Waals surface area contributed by atoms with Gasteiger partial charge in [-0.05, 0) is 37.3 Å². The van der Waals surface area contributed by atoms with Crippen molar-refractivity contribution in [2.75, 3.05) is 11.1 Å². The molecular weight excluding hydrogens is 445 g/mol. The van der Waals surface area contributed by atoms with Crippen molar-refractivity contribution in [3.8, 4) is 5.75 Å². The highest BCUT2D eigenvalue weighted by Gasteiger charge is 2.31. The minimum Gasteiger partial charge on any atom is -0.406 e. The van der Waals surface area contributed by atoms with E-state index in [1.54, 1.807) is 0 Å². The SMILES string of the molecule is CCn1c(SCC(=O)Nc2ccc(OC(F)(F)F)cc2)nc2c([nH]c3ccccc32)c1=O. The van der Waals surface area contributed by atoms with Crippen LogP contribution < -0.4 is 15.6 Å². The lowest BCUT2D eigenvalue weighted by Gasteiger charge is -2.11. The summed E-state index contributed by atoms with van der Waals surface area (Å²) in [6, 6.07) is 12.3. The van der Waals surface area contributed by atoms with Crippen LogP contribution in [0.4, 0.5) is 18.9 Å². The van der Waals surface area contributed by atoms with Crippen LogP contribution in [0.1, 0.15) is 6.92 Å². The van der Waals surface area contributed by atoms with Crippen LogP contribution in [0.2, 0.25) is 0 Å². The summed E-state index contributed by atoms with van der Waals surface area (Å²) in [4.78, 5) is 33.0. The maximum Gasteiger partial charge on any atom is 0.573 e. The van der Waals surface area contributed by atoms with E-state index in [4.69, 9.17) is 0 Å². The zero-order valence-electron chi connectivity index (χ0n) is 16.7. The standard InChI is InChI=1S/C21H17F3N4O3S/c1-2-28-19(30)18-17(14-5-3-4-6-15(14)26-18)27-20(28)32-11-16(29)25-12-7-9-13(10-8-12)31-21(22,23)24/h3-10,26H,2,11H2,1H3,(H,25,29). The highest BCUT2D eigenvalue weighted by atomic mass is 32.2. The van der Waals surface area contributed by atoms with Crippen molar-refractivity contribution in [3.63, 3.8) is 0 Å². The van der Waals surface area contributed by atoms with E-state index < -0.39 is 12.3 Å². The quantitative estimate of drug-likeness (QED) is 0.325. The Balaban J connectivity index is 1.50. The van der Waals surface area contributed by atoms with Gasteiger partial charge in [-0.25, -0.2) is 4.98 Å². The summed E-state index contributed by atoms with van der Waals surface area (Å²) in [6.07, 6.45) is -4.78. The third-order valence-electron chi connectivity index (χ3n) is 4.60. The predicted octanol–water partition coefficient (Wildman–Crippen LogP) is 4.53. The topological polar surface area (TPSA) is 89.0 Å². The Morgan fingerprint density at radius 2 is 1.91 bits per heavy atom. The van der Waals surface area contributed by atoms with Crippen LogP contribution in [0.15, 0.2) is 58.5 Å². The molecule has 0 saturated heterocycles. The van der Waals surface area contributed by atoms with Gasteiger partial charge in [-0.3, -0.25) is 14.2 Å². The van der Waals surface area contributed by atoms with Gasteiger partial charge in [0.05, 0.1) is 5.75 Å². The second kappa shape index (κ2) is 8.58. The maximum atomic E-state index is 12.9. The zero-order valence-corrected chi connectivity index (χ0v) is 17.5. The molecule has 0 unspecified atom stereocenters. The Hall–Kier alpha value is -3.47. The summed E-state index contributed by atoms with van der Waals surface area (Å²) >= 11 is 1.10. The second-order valence-electron chi connectivity index (χ2n) is 6.75. The molecule has 2 aromatic heterocycles. The number of alkyl halides is 3. The second-order valence-corrected chi connectivity index (χ2v) is 7.69. The number of hydrogen-bond donors (Lipinski definition) is 2. The van der Waals surface area contributed by atoms with Gasteiger partial charge in [0.2, 0.25) is 5.91 Å². The first kappa shape index (κ1) is 21.8. The van der Waals surface area contributed by atoms with Crippen LogP contribution in [0.5, 0.6) is 5.75 Å². The largest absolute Gasteiger partial charge is 0.573 e. The first-order chi connectivity index (χ1) is 15.2. The number of anilines is 1. The summed E-state index contributed by atoms with van der Waals surface area (Å²) in [5.74, 6) is -0.815. The van der Waals surface area contributed by atoms with Crippen molar-refractivity contribution < 1.29 is 22.7 Å². The first-order valence-corrected chi connectivity index (χ1v) is 10.5. The molecular formula is C21H17F3N4O3S. The molecule has 0 aliphatic carbocycles. The Bertz CT molecular complexity index is 1350. The van der Waals surface area contributed by atoms with Gasteiger partial charge in [0.1, 0.15) is 16.8 Å². The summed E-state index contributed by atoms with van der Waals surface area (Å²) in [5.41, 5.74) is 1.84. The van der Waals surface area contributed by atoms with E-state index in [1.807, 2.05) is 31.2 Å². The average molecular weight is 462 g/mol. The number of carbonyl (C=O) groups is 1. The zero-order chi connectivity index (χ0) is 22.9. The molecule has 0 spiro atoms. The highest BCUT2D eigenvalue weighted by molar-refractivity contribution is 7.99. The molecule has 0 atom stereocenters. The molecule has 0 aliphatic rings. The molecule has 1 amide bonds. The van der Waals surface area contributed by atoms with Crippen molar-refractivity contribution in [1.82, 2.24) is 14.5 Å². The van der Waals surface area contributed by atoms with Crippen molar-refractivity contribution in [2.45, 2.75) is 25.0 Å². The number of hydrogen-bond acceptors (Lipinski definition) is 5. The van der Waals surface area contributed by atoms with E-state index in [0.717, 1.165) is 34.8 Å².